The molecule has 0 radical (unpaired) electrons. The fraction of sp³-hybridized carbons (Fsp3) is 0.154. The molecule has 0 saturated heterocycles. The van der Waals surface area contributed by atoms with Crippen LogP contribution in [0.25, 0.3) is 5.57 Å². The van der Waals surface area contributed by atoms with Crippen LogP contribution in [0.1, 0.15) is 22.3 Å². The number of likely N-dealkylation sites (N-methyl/N-ethyl adjacent to an activating group) is 1. The van der Waals surface area contributed by atoms with E-state index >= 15 is 0 Å². The highest BCUT2D eigenvalue weighted by Gasteiger charge is 2.42. The lowest BCUT2D eigenvalue weighted by atomic mass is 9.97. The van der Waals surface area contributed by atoms with Crippen LogP contribution in [0, 0.1) is 20.8 Å². The van der Waals surface area contributed by atoms with Gasteiger partial charge in [-0.3, -0.25) is 9.59 Å². The van der Waals surface area contributed by atoms with Crippen LogP contribution in [0.5, 0.6) is 0 Å². The van der Waals surface area contributed by atoms with Crippen molar-refractivity contribution in [1.82, 2.24) is 0 Å². The smallest absolute Gasteiger partial charge is 0.282 e. The van der Waals surface area contributed by atoms with Gasteiger partial charge < -0.3 is 4.90 Å². The highest BCUT2D eigenvalue weighted by atomic mass is 16.2. The van der Waals surface area contributed by atoms with Crippen LogP contribution in [0.4, 0.5) is 11.4 Å². The Hall–Kier alpha value is -3.66. The lowest BCUT2D eigenvalue weighted by Gasteiger charge is -2.22. The van der Waals surface area contributed by atoms with Crippen LogP contribution in [0.3, 0.4) is 0 Å². The summed E-state index contributed by atoms with van der Waals surface area (Å²) in [7, 11) is 1.83. The van der Waals surface area contributed by atoms with Gasteiger partial charge in [0.05, 0.1) is 11.3 Å². The molecule has 1 aliphatic heterocycles. The molecule has 0 atom stereocenters. The molecule has 4 rings (SSSR count). The molecule has 0 spiro atoms. The van der Waals surface area contributed by atoms with Crippen molar-refractivity contribution in [2.45, 2.75) is 20.8 Å². The predicted octanol–water partition coefficient (Wildman–Crippen LogP) is 5.03. The topological polar surface area (TPSA) is 40.6 Å². The van der Waals surface area contributed by atoms with E-state index in [2.05, 4.69) is 0 Å². The van der Waals surface area contributed by atoms with Crippen LogP contribution in [-0.2, 0) is 9.59 Å². The van der Waals surface area contributed by atoms with E-state index in [0.29, 0.717) is 17.0 Å². The van der Waals surface area contributed by atoms with Crippen molar-refractivity contribution >= 4 is 28.8 Å². The van der Waals surface area contributed by atoms with Crippen LogP contribution < -0.4 is 9.80 Å². The molecule has 3 aromatic rings. The normalized spacial score (nSPS) is 13.9. The number of para-hydroxylation sites is 1. The lowest BCUT2D eigenvalue weighted by Crippen LogP contribution is -2.34. The van der Waals surface area contributed by atoms with Crippen molar-refractivity contribution in [2.24, 2.45) is 0 Å². The first-order chi connectivity index (χ1) is 14.4. The van der Waals surface area contributed by atoms with Gasteiger partial charge in [0.1, 0.15) is 5.70 Å². The number of carbonyl (C=O) groups is 2. The molecule has 0 aliphatic carbocycles. The molecule has 4 heteroatoms. The molecular formula is C26H24N2O2. The molecule has 2 amide bonds. The Morgan fingerprint density at radius 2 is 1.43 bits per heavy atom. The Bertz CT molecular complexity index is 1180. The van der Waals surface area contributed by atoms with E-state index in [9.17, 15) is 9.59 Å². The summed E-state index contributed by atoms with van der Waals surface area (Å²) in [5.41, 5.74) is 6.12. The first-order valence-corrected chi connectivity index (χ1v) is 9.94. The molecule has 1 heterocycles. The quantitative estimate of drug-likeness (QED) is 0.581. The third-order valence-corrected chi connectivity index (χ3v) is 5.45. The molecule has 150 valence electrons. The van der Waals surface area contributed by atoms with Crippen molar-refractivity contribution < 1.29 is 9.59 Å². The summed E-state index contributed by atoms with van der Waals surface area (Å²) in [5, 5.41) is 0. The molecule has 0 bridgehead atoms. The van der Waals surface area contributed by atoms with Gasteiger partial charge in [-0.05, 0) is 61.7 Å². The molecule has 30 heavy (non-hydrogen) atoms. The largest absolute Gasteiger partial charge is 0.339 e. The molecule has 3 aromatic carbocycles. The molecule has 4 nitrogen and oxygen atoms in total. The minimum Gasteiger partial charge on any atom is -0.339 e. The van der Waals surface area contributed by atoms with E-state index in [1.807, 2.05) is 99.4 Å². The maximum Gasteiger partial charge on any atom is 0.282 e. The molecule has 0 N–H and O–H groups in total. The van der Waals surface area contributed by atoms with E-state index < -0.39 is 0 Å². The van der Waals surface area contributed by atoms with Gasteiger partial charge in [-0.2, -0.15) is 0 Å². The zero-order valence-electron chi connectivity index (χ0n) is 17.6. The van der Waals surface area contributed by atoms with E-state index in [-0.39, 0.29) is 11.8 Å². The Morgan fingerprint density at radius 3 is 2.10 bits per heavy atom. The van der Waals surface area contributed by atoms with Crippen LogP contribution in [0.15, 0.2) is 78.5 Å². The van der Waals surface area contributed by atoms with Gasteiger partial charge in [0.15, 0.2) is 0 Å². The second kappa shape index (κ2) is 7.64. The van der Waals surface area contributed by atoms with E-state index in [1.54, 1.807) is 6.07 Å². The van der Waals surface area contributed by atoms with Gasteiger partial charge in [0.25, 0.3) is 11.8 Å². The van der Waals surface area contributed by atoms with Gasteiger partial charge in [0.2, 0.25) is 0 Å². The predicted molar refractivity (Wildman–Crippen MR) is 121 cm³/mol. The van der Waals surface area contributed by atoms with Crippen LogP contribution in [-0.4, -0.2) is 18.9 Å². The summed E-state index contributed by atoms with van der Waals surface area (Å²) in [4.78, 5) is 30.3. The number of hydrogen-bond donors (Lipinski definition) is 0. The number of nitrogens with zero attached hydrogens (tertiary/aromatic N) is 2. The minimum atomic E-state index is -0.313. The number of amides is 2. The number of rotatable bonds is 4. The van der Waals surface area contributed by atoms with Crippen molar-refractivity contribution in [2.75, 3.05) is 16.8 Å². The Balaban J connectivity index is 1.92. The number of benzene rings is 3. The first kappa shape index (κ1) is 19.6. The molecule has 1 aliphatic rings. The Morgan fingerprint density at radius 1 is 0.733 bits per heavy atom. The Labute approximate surface area is 177 Å². The average molecular weight is 396 g/mol. The number of anilines is 2. The number of carbonyl (C=O) groups excluding carboxylic acids is 2. The van der Waals surface area contributed by atoms with Gasteiger partial charge in [-0.15, -0.1) is 0 Å². The Kier molecular flexibility index (Phi) is 5.00. The minimum absolute atomic E-state index is 0.296. The third-order valence-electron chi connectivity index (χ3n) is 5.45. The fourth-order valence-corrected chi connectivity index (χ4v) is 3.95. The van der Waals surface area contributed by atoms with Gasteiger partial charge >= 0.3 is 0 Å². The number of aryl methyl sites for hydroxylation is 3. The van der Waals surface area contributed by atoms with E-state index in [0.717, 1.165) is 27.9 Å². The molecular weight excluding hydrogens is 372 g/mol. The van der Waals surface area contributed by atoms with Gasteiger partial charge in [0, 0.05) is 12.7 Å². The summed E-state index contributed by atoms with van der Waals surface area (Å²) in [6.07, 6.45) is 0. The summed E-state index contributed by atoms with van der Waals surface area (Å²) < 4.78 is 0. The summed E-state index contributed by atoms with van der Waals surface area (Å²) in [5.74, 6) is -0.609. The van der Waals surface area contributed by atoms with Gasteiger partial charge in [-0.25, -0.2) is 4.90 Å². The number of hydrogen-bond acceptors (Lipinski definition) is 3. The second-order valence-electron chi connectivity index (χ2n) is 7.72. The summed E-state index contributed by atoms with van der Waals surface area (Å²) in [6, 6.07) is 23.0. The third kappa shape index (κ3) is 3.30. The molecule has 0 aromatic heterocycles. The fourth-order valence-electron chi connectivity index (χ4n) is 3.95. The van der Waals surface area contributed by atoms with E-state index in [1.165, 1.54) is 4.90 Å². The maximum atomic E-state index is 13.6. The lowest BCUT2D eigenvalue weighted by molar-refractivity contribution is -0.120. The number of imide groups is 1. The first-order valence-electron chi connectivity index (χ1n) is 9.94. The molecule has 0 unspecified atom stereocenters. The van der Waals surface area contributed by atoms with Crippen molar-refractivity contribution in [1.29, 1.82) is 0 Å². The second-order valence-corrected chi connectivity index (χ2v) is 7.72. The van der Waals surface area contributed by atoms with Gasteiger partial charge in [-0.1, -0.05) is 54.1 Å². The molecule has 0 fully saturated rings. The van der Waals surface area contributed by atoms with Crippen molar-refractivity contribution in [3.8, 4) is 0 Å². The van der Waals surface area contributed by atoms with Crippen LogP contribution >= 0.6 is 0 Å². The maximum absolute atomic E-state index is 13.6. The summed E-state index contributed by atoms with van der Waals surface area (Å²) in [6.45, 7) is 5.94. The molecule has 0 saturated carbocycles. The monoisotopic (exact) mass is 396 g/mol. The summed E-state index contributed by atoms with van der Waals surface area (Å²) >= 11 is 0. The highest BCUT2D eigenvalue weighted by molar-refractivity contribution is 6.46. The van der Waals surface area contributed by atoms with Crippen molar-refractivity contribution in [3.63, 3.8) is 0 Å². The average Bonchev–Trinajstić information content (AvgIpc) is 2.98. The standard InChI is InChI=1S/C26H24N2O2/c1-17-9-8-12-21(16-17)28-25(29)23(22-14-13-18(2)15-19(22)3)24(26(28)30)27(4)20-10-6-5-7-11-20/h5-16H,1-4H3. The highest BCUT2D eigenvalue weighted by Crippen LogP contribution is 2.37. The van der Waals surface area contributed by atoms with Crippen molar-refractivity contribution in [3.05, 3.63) is 101 Å². The SMILES string of the molecule is Cc1cccc(N2C(=O)C(c3ccc(C)cc3C)=C(N(C)c3ccccc3)C2=O)c1. The zero-order chi connectivity index (χ0) is 21.4. The van der Waals surface area contributed by atoms with E-state index in [4.69, 9.17) is 0 Å². The van der Waals surface area contributed by atoms with Crippen LogP contribution in [0.2, 0.25) is 0 Å². The zero-order valence-corrected chi connectivity index (χ0v) is 17.6.